The van der Waals surface area contributed by atoms with Gasteiger partial charge in [-0.25, -0.2) is 0 Å². The molecule has 0 aliphatic heterocycles. The van der Waals surface area contributed by atoms with Crippen molar-refractivity contribution in [1.29, 1.82) is 0 Å². The Balaban J connectivity index is 3.32. The van der Waals surface area contributed by atoms with E-state index in [0.29, 0.717) is 6.42 Å². The van der Waals surface area contributed by atoms with Gasteiger partial charge in [-0.15, -0.1) is 0 Å². The van der Waals surface area contributed by atoms with Gasteiger partial charge in [0.25, 0.3) is 0 Å². The summed E-state index contributed by atoms with van der Waals surface area (Å²) in [4.78, 5) is 11.8. The second kappa shape index (κ2) is 6.01. The molecule has 0 amide bonds. The standard InChI is InChI=1S/C14H22O2Si/c1-4-14(13(15)16,17(5-2)6-3)12-10-8-7-9-11-12/h7-11,17H,4-6H2,1-3H3,(H,15,16). The first-order chi connectivity index (χ1) is 8.13. The molecule has 1 aromatic carbocycles. The van der Waals surface area contributed by atoms with Crippen molar-refractivity contribution in [1.82, 2.24) is 0 Å². The van der Waals surface area contributed by atoms with Crippen LogP contribution in [-0.4, -0.2) is 19.9 Å². The summed E-state index contributed by atoms with van der Waals surface area (Å²) in [5.74, 6) is -0.633. The minimum absolute atomic E-state index is 0.592. The van der Waals surface area contributed by atoms with E-state index in [4.69, 9.17) is 0 Å². The van der Waals surface area contributed by atoms with Crippen LogP contribution in [0.3, 0.4) is 0 Å². The highest BCUT2D eigenvalue weighted by molar-refractivity contribution is 6.66. The van der Waals surface area contributed by atoms with Crippen molar-refractivity contribution in [2.75, 3.05) is 0 Å². The Hall–Kier alpha value is -1.09. The summed E-state index contributed by atoms with van der Waals surface area (Å²) < 4.78 is 0. The SMILES string of the molecule is CC[SiH](CC)C(CC)(C(=O)O)c1ccccc1. The van der Waals surface area contributed by atoms with Gasteiger partial charge in [-0.1, -0.05) is 63.2 Å². The minimum Gasteiger partial charge on any atom is -0.481 e. The number of carbonyl (C=O) groups is 1. The average Bonchev–Trinajstić information content (AvgIpc) is 2.36. The smallest absolute Gasteiger partial charge is 0.310 e. The van der Waals surface area contributed by atoms with Crippen LogP contribution in [-0.2, 0) is 9.83 Å². The fourth-order valence-electron chi connectivity index (χ4n) is 2.90. The molecule has 0 fully saturated rings. The number of hydrogen-bond acceptors (Lipinski definition) is 1. The predicted molar refractivity (Wildman–Crippen MR) is 74.2 cm³/mol. The zero-order chi connectivity index (χ0) is 12.9. The van der Waals surface area contributed by atoms with E-state index in [0.717, 1.165) is 17.7 Å². The Morgan fingerprint density at radius 2 is 1.71 bits per heavy atom. The molecular formula is C14H22O2Si. The highest BCUT2D eigenvalue weighted by Crippen LogP contribution is 2.34. The monoisotopic (exact) mass is 250 g/mol. The number of rotatable bonds is 6. The lowest BCUT2D eigenvalue weighted by molar-refractivity contribution is -0.140. The molecule has 1 aromatic rings. The maximum atomic E-state index is 11.8. The largest absolute Gasteiger partial charge is 0.481 e. The lowest BCUT2D eigenvalue weighted by Crippen LogP contribution is -2.48. The third-order valence-electron chi connectivity index (χ3n) is 3.91. The normalized spacial score (nSPS) is 14.6. The van der Waals surface area contributed by atoms with Crippen LogP contribution < -0.4 is 0 Å². The van der Waals surface area contributed by atoms with Crippen LogP contribution in [0.1, 0.15) is 32.8 Å². The second-order valence-electron chi connectivity index (χ2n) is 4.51. The van der Waals surface area contributed by atoms with Gasteiger partial charge in [0, 0.05) is 0 Å². The molecule has 1 unspecified atom stereocenters. The zero-order valence-corrected chi connectivity index (χ0v) is 12.1. The molecular weight excluding hydrogens is 228 g/mol. The van der Waals surface area contributed by atoms with Gasteiger partial charge in [0.2, 0.25) is 0 Å². The zero-order valence-electron chi connectivity index (χ0n) is 10.9. The van der Waals surface area contributed by atoms with Crippen LogP contribution in [0.15, 0.2) is 30.3 Å². The molecule has 0 saturated heterocycles. The summed E-state index contributed by atoms with van der Waals surface area (Å²) in [5, 5.41) is 9.15. The molecule has 94 valence electrons. The molecule has 17 heavy (non-hydrogen) atoms. The fourth-order valence-corrected chi connectivity index (χ4v) is 6.46. The van der Waals surface area contributed by atoms with Gasteiger partial charge < -0.3 is 5.11 Å². The number of carboxylic acid groups (broad SMARTS) is 1. The Bertz CT molecular complexity index is 360. The van der Waals surface area contributed by atoms with E-state index in [9.17, 15) is 9.90 Å². The van der Waals surface area contributed by atoms with Gasteiger partial charge in [-0.2, -0.15) is 0 Å². The van der Waals surface area contributed by atoms with Crippen molar-refractivity contribution < 1.29 is 9.90 Å². The lowest BCUT2D eigenvalue weighted by Gasteiger charge is -2.35. The van der Waals surface area contributed by atoms with Crippen LogP contribution >= 0.6 is 0 Å². The van der Waals surface area contributed by atoms with Crippen molar-refractivity contribution >= 4 is 14.8 Å². The van der Waals surface area contributed by atoms with E-state index in [1.54, 1.807) is 0 Å². The number of benzene rings is 1. The van der Waals surface area contributed by atoms with Crippen LogP contribution in [0.2, 0.25) is 12.1 Å². The maximum Gasteiger partial charge on any atom is 0.310 e. The fraction of sp³-hybridized carbons (Fsp3) is 0.500. The first-order valence-corrected chi connectivity index (χ1v) is 8.63. The molecule has 1 rings (SSSR count). The average molecular weight is 250 g/mol. The highest BCUT2D eigenvalue weighted by Gasteiger charge is 2.44. The van der Waals surface area contributed by atoms with Gasteiger partial charge in [0.15, 0.2) is 0 Å². The van der Waals surface area contributed by atoms with Crippen LogP contribution in [0.5, 0.6) is 0 Å². The molecule has 2 nitrogen and oxygen atoms in total. The minimum atomic E-state index is -1.33. The van der Waals surface area contributed by atoms with Crippen molar-refractivity contribution in [2.45, 2.75) is 44.3 Å². The van der Waals surface area contributed by atoms with Gasteiger partial charge in [0.05, 0.1) is 13.8 Å². The van der Waals surface area contributed by atoms with Crippen molar-refractivity contribution in [3.05, 3.63) is 35.9 Å². The van der Waals surface area contributed by atoms with Crippen LogP contribution in [0, 0.1) is 0 Å². The molecule has 0 aromatic heterocycles. The molecule has 0 heterocycles. The first-order valence-electron chi connectivity index (χ1n) is 6.42. The summed E-state index contributed by atoms with van der Waals surface area (Å²) in [6.45, 7) is 6.28. The Morgan fingerprint density at radius 3 is 2.06 bits per heavy atom. The summed E-state index contributed by atoms with van der Waals surface area (Å²) in [6.07, 6.45) is 0.699. The van der Waals surface area contributed by atoms with Gasteiger partial charge in [-0.05, 0) is 12.0 Å². The van der Waals surface area contributed by atoms with E-state index in [1.807, 2.05) is 37.3 Å². The summed E-state index contributed by atoms with van der Waals surface area (Å²) >= 11 is 0. The Labute approximate surface area is 105 Å². The topological polar surface area (TPSA) is 37.3 Å². The third kappa shape index (κ3) is 2.44. The van der Waals surface area contributed by atoms with Crippen LogP contribution in [0.25, 0.3) is 0 Å². The predicted octanol–water partition coefficient (Wildman–Crippen LogP) is 3.23. The molecule has 3 heteroatoms. The van der Waals surface area contributed by atoms with Gasteiger partial charge >= 0.3 is 5.97 Å². The second-order valence-corrected chi connectivity index (χ2v) is 8.52. The molecule has 1 N–H and O–H groups in total. The first kappa shape index (κ1) is 14.0. The maximum absolute atomic E-state index is 11.8. The van der Waals surface area contributed by atoms with E-state index < -0.39 is 19.8 Å². The number of aliphatic carboxylic acids is 1. The summed E-state index contributed by atoms with van der Waals surface area (Å²) in [5.41, 5.74) is 0.996. The molecule has 0 aliphatic rings. The van der Waals surface area contributed by atoms with Crippen LogP contribution in [0.4, 0.5) is 0 Å². The summed E-state index contributed by atoms with van der Waals surface area (Å²) in [7, 11) is -1.33. The van der Waals surface area contributed by atoms with Gasteiger partial charge in [-0.3, -0.25) is 4.79 Å². The van der Waals surface area contributed by atoms with Crippen molar-refractivity contribution in [3.63, 3.8) is 0 Å². The third-order valence-corrected chi connectivity index (χ3v) is 8.26. The molecule has 0 saturated carbocycles. The quantitative estimate of drug-likeness (QED) is 0.787. The molecule has 0 bridgehead atoms. The van der Waals surface area contributed by atoms with E-state index in [1.165, 1.54) is 0 Å². The molecule has 0 spiro atoms. The molecule has 0 radical (unpaired) electrons. The van der Waals surface area contributed by atoms with Crippen molar-refractivity contribution in [2.24, 2.45) is 0 Å². The number of hydrogen-bond donors (Lipinski definition) is 1. The lowest BCUT2D eigenvalue weighted by atomic mass is 9.95. The van der Waals surface area contributed by atoms with Gasteiger partial charge in [0.1, 0.15) is 0 Å². The van der Waals surface area contributed by atoms with E-state index in [2.05, 4.69) is 13.8 Å². The molecule has 0 aliphatic carbocycles. The summed E-state index contributed by atoms with van der Waals surface area (Å²) in [6, 6.07) is 11.8. The Morgan fingerprint density at radius 1 is 1.18 bits per heavy atom. The van der Waals surface area contributed by atoms with Crippen molar-refractivity contribution in [3.8, 4) is 0 Å². The van der Waals surface area contributed by atoms with E-state index >= 15 is 0 Å². The Kier molecular flexibility index (Phi) is 4.94. The number of carboxylic acids is 1. The molecule has 1 atom stereocenters. The van der Waals surface area contributed by atoms with E-state index in [-0.39, 0.29) is 0 Å². The highest BCUT2D eigenvalue weighted by atomic mass is 28.3.